The van der Waals surface area contributed by atoms with Gasteiger partial charge in [-0.2, -0.15) is 5.10 Å². The molecule has 1 N–H and O–H groups in total. The molecule has 5 aromatic rings. The largest absolute Gasteiger partial charge is 0.452 e. The topological polar surface area (TPSA) is 151 Å². The van der Waals surface area contributed by atoms with Gasteiger partial charge in [0.05, 0.1) is 23.2 Å². The molecule has 3 amide bonds. The van der Waals surface area contributed by atoms with Gasteiger partial charge in [0, 0.05) is 48.8 Å². The number of hydrogen-bond donors (Lipinski definition) is 1. The molecule has 55 heavy (non-hydrogen) atoms. The highest BCUT2D eigenvalue weighted by atomic mass is 32.1. The Hall–Kier alpha value is -6.35. The van der Waals surface area contributed by atoms with Crippen LogP contribution in [0.25, 0.3) is 5.00 Å². The Bertz CT molecular complexity index is 2460. The number of thiophene rings is 1. The monoisotopic (exact) mass is 753 g/mol. The lowest BCUT2D eigenvalue weighted by atomic mass is 10.0. The van der Waals surface area contributed by atoms with E-state index in [1.807, 2.05) is 31.3 Å². The molecule has 0 aliphatic carbocycles. The van der Waals surface area contributed by atoms with Crippen LogP contribution in [-0.2, 0) is 56.6 Å². The lowest BCUT2D eigenvalue weighted by Gasteiger charge is -2.29. The van der Waals surface area contributed by atoms with E-state index in [0.29, 0.717) is 42.9 Å². The minimum atomic E-state index is -0.702. The number of piperidine rings is 1. The fourth-order valence-corrected chi connectivity index (χ4v) is 8.25. The van der Waals surface area contributed by atoms with Crippen molar-refractivity contribution in [2.75, 3.05) is 6.61 Å². The Kier molecular flexibility index (Phi) is 10.1. The second-order valence-electron chi connectivity index (χ2n) is 13.4. The first kappa shape index (κ1) is 35.7. The van der Waals surface area contributed by atoms with Crippen LogP contribution in [-0.4, -0.2) is 65.8 Å². The summed E-state index contributed by atoms with van der Waals surface area (Å²) in [5.74, 6) is 12.7. The minimum absolute atomic E-state index is 0.0996. The van der Waals surface area contributed by atoms with E-state index in [2.05, 4.69) is 61.0 Å². The number of amides is 3. The van der Waals surface area contributed by atoms with E-state index in [4.69, 9.17) is 9.47 Å². The number of aryl methyl sites for hydroxylation is 2. The van der Waals surface area contributed by atoms with Crippen LogP contribution in [0.1, 0.15) is 85.9 Å². The molecule has 1 unspecified atom stereocenters. The standard InChI is InChI=1S/C41H35N7O6S/c1-26-44-45-36-25-53-24-33-31(20-27-8-3-2-4-9-27)35(55-41(33)48(26)36)16-14-28-21-42-46(22-28)18-6-13-38(50)54-19-7-11-29-10-5-12-30-32(29)23-47(40(30)52)34-15-17-37(49)43-39(34)51/h2-5,8-10,12,21-22,34H,6,13,15,17-20,23-25H2,1H3,(H,43,49,51). The summed E-state index contributed by atoms with van der Waals surface area (Å²) in [5, 5.41) is 16.4. The molecule has 2 aromatic carbocycles. The van der Waals surface area contributed by atoms with Gasteiger partial charge in [0.15, 0.2) is 12.4 Å². The number of imide groups is 1. The van der Waals surface area contributed by atoms with Gasteiger partial charge in [0.2, 0.25) is 11.8 Å². The molecule has 3 aliphatic rings. The summed E-state index contributed by atoms with van der Waals surface area (Å²) in [7, 11) is 0. The summed E-state index contributed by atoms with van der Waals surface area (Å²) in [4.78, 5) is 51.9. The van der Waals surface area contributed by atoms with Crippen molar-refractivity contribution in [2.45, 2.75) is 71.4 Å². The van der Waals surface area contributed by atoms with Gasteiger partial charge in [0.1, 0.15) is 23.5 Å². The van der Waals surface area contributed by atoms with Crippen LogP contribution in [0.2, 0.25) is 0 Å². The summed E-state index contributed by atoms with van der Waals surface area (Å²) in [6.45, 7) is 3.44. The van der Waals surface area contributed by atoms with Gasteiger partial charge in [-0.1, -0.05) is 60.1 Å². The lowest BCUT2D eigenvalue weighted by molar-refractivity contribution is -0.142. The van der Waals surface area contributed by atoms with Crippen LogP contribution in [0, 0.1) is 30.6 Å². The van der Waals surface area contributed by atoms with Crippen molar-refractivity contribution in [2.24, 2.45) is 0 Å². The van der Waals surface area contributed by atoms with Crippen molar-refractivity contribution in [3.05, 3.63) is 116 Å². The highest BCUT2D eigenvalue weighted by Crippen LogP contribution is 2.37. The first-order valence-electron chi connectivity index (χ1n) is 18.0. The van der Waals surface area contributed by atoms with E-state index in [9.17, 15) is 19.2 Å². The van der Waals surface area contributed by atoms with E-state index in [0.717, 1.165) is 44.6 Å². The maximum atomic E-state index is 13.1. The maximum absolute atomic E-state index is 13.1. The molecule has 14 heteroatoms. The number of benzene rings is 2. The molecule has 0 saturated carbocycles. The van der Waals surface area contributed by atoms with Crippen molar-refractivity contribution < 1.29 is 28.7 Å². The number of nitrogens with one attached hydrogen (secondary N) is 1. The molecule has 13 nitrogen and oxygen atoms in total. The van der Waals surface area contributed by atoms with E-state index in [1.54, 1.807) is 40.4 Å². The fourth-order valence-electron chi connectivity index (χ4n) is 7.00. The van der Waals surface area contributed by atoms with Crippen molar-refractivity contribution in [1.82, 2.24) is 34.8 Å². The molecular weight excluding hydrogens is 719 g/mol. The summed E-state index contributed by atoms with van der Waals surface area (Å²) in [5.41, 5.74) is 6.01. The van der Waals surface area contributed by atoms with Gasteiger partial charge >= 0.3 is 5.97 Å². The number of hydrogen-bond acceptors (Lipinski definition) is 10. The van der Waals surface area contributed by atoms with Crippen LogP contribution in [0.5, 0.6) is 0 Å². The Morgan fingerprint density at radius 3 is 2.76 bits per heavy atom. The van der Waals surface area contributed by atoms with Gasteiger partial charge in [-0.25, -0.2) is 0 Å². The molecule has 1 fully saturated rings. The highest BCUT2D eigenvalue weighted by molar-refractivity contribution is 7.15. The molecule has 8 rings (SSSR count). The normalized spacial score (nSPS) is 15.8. The molecular formula is C41H35N7O6S. The molecule has 3 aliphatic heterocycles. The van der Waals surface area contributed by atoms with Gasteiger partial charge in [-0.05, 0) is 55.0 Å². The van der Waals surface area contributed by atoms with E-state index in [1.165, 1.54) is 10.5 Å². The lowest BCUT2D eigenvalue weighted by Crippen LogP contribution is -2.52. The molecule has 0 bridgehead atoms. The van der Waals surface area contributed by atoms with Gasteiger partial charge in [0.25, 0.3) is 5.91 Å². The zero-order valence-corrected chi connectivity index (χ0v) is 30.8. The first-order chi connectivity index (χ1) is 26.8. The number of nitrogens with zero attached hydrogens (tertiary/aromatic N) is 6. The van der Waals surface area contributed by atoms with Gasteiger partial charge in [-0.15, -0.1) is 21.5 Å². The predicted molar refractivity (Wildman–Crippen MR) is 199 cm³/mol. The van der Waals surface area contributed by atoms with E-state index >= 15 is 0 Å². The third-order valence-corrected chi connectivity index (χ3v) is 10.9. The summed E-state index contributed by atoms with van der Waals surface area (Å²) < 4.78 is 15.2. The van der Waals surface area contributed by atoms with Crippen molar-refractivity contribution in [3.63, 3.8) is 0 Å². The summed E-state index contributed by atoms with van der Waals surface area (Å²) in [6.07, 6.45) is 5.49. The summed E-state index contributed by atoms with van der Waals surface area (Å²) in [6, 6.07) is 14.8. The number of esters is 1. The number of rotatable bonds is 8. The Morgan fingerprint density at radius 1 is 1.04 bits per heavy atom. The predicted octanol–water partition coefficient (Wildman–Crippen LogP) is 3.99. The number of carbonyl (C=O) groups is 4. The number of carbonyl (C=O) groups excluding carboxylic acids is 4. The number of aromatic nitrogens is 5. The zero-order chi connectivity index (χ0) is 37.9. The van der Waals surface area contributed by atoms with Crippen molar-refractivity contribution >= 4 is 35.0 Å². The van der Waals surface area contributed by atoms with Crippen LogP contribution >= 0.6 is 11.3 Å². The van der Waals surface area contributed by atoms with Crippen LogP contribution in [0.15, 0.2) is 60.9 Å². The molecule has 6 heterocycles. The second-order valence-corrected chi connectivity index (χ2v) is 14.4. The molecule has 0 radical (unpaired) electrons. The SMILES string of the molecule is Cc1nnc2n1-c1sc(C#Cc3cnn(CCCC(=O)OCC#Cc4cccc5c4CN(C4CCC(=O)NC4=O)C5=O)c3)c(Cc3ccccc3)c1COC2. The van der Waals surface area contributed by atoms with Crippen LogP contribution in [0.3, 0.4) is 0 Å². The fraction of sp³-hybridized carbons (Fsp3) is 0.293. The first-order valence-corrected chi connectivity index (χ1v) is 18.8. The number of ether oxygens (including phenoxy) is 2. The molecule has 276 valence electrons. The molecule has 1 saturated heterocycles. The van der Waals surface area contributed by atoms with Gasteiger partial charge < -0.3 is 14.4 Å². The third kappa shape index (κ3) is 7.55. The zero-order valence-electron chi connectivity index (χ0n) is 30.0. The van der Waals surface area contributed by atoms with Crippen molar-refractivity contribution in [1.29, 1.82) is 0 Å². The minimum Gasteiger partial charge on any atom is -0.452 e. The average Bonchev–Trinajstić information content (AvgIpc) is 3.93. The Balaban J connectivity index is 0.863. The smallest absolute Gasteiger partial charge is 0.306 e. The molecule has 3 aromatic heterocycles. The second kappa shape index (κ2) is 15.6. The number of fused-ring (bicyclic) bond motifs is 4. The average molecular weight is 754 g/mol. The molecule has 0 spiro atoms. The van der Waals surface area contributed by atoms with E-state index in [-0.39, 0.29) is 50.2 Å². The van der Waals surface area contributed by atoms with Crippen LogP contribution < -0.4 is 5.32 Å². The van der Waals surface area contributed by atoms with Crippen LogP contribution in [0.4, 0.5) is 0 Å². The highest BCUT2D eigenvalue weighted by Gasteiger charge is 2.39. The maximum Gasteiger partial charge on any atom is 0.306 e. The van der Waals surface area contributed by atoms with Crippen molar-refractivity contribution in [3.8, 4) is 28.7 Å². The van der Waals surface area contributed by atoms with E-state index < -0.39 is 11.9 Å². The Labute approximate surface area is 320 Å². The third-order valence-electron chi connectivity index (χ3n) is 9.72. The Morgan fingerprint density at radius 2 is 1.91 bits per heavy atom. The van der Waals surface area contributed by atoms with Gasteiger partial charge in [-0.3, -0.25) is 33.7 Å². The molecule has 1 atom stereocenters. The summed E-state index contributed by atoms with van der Waals surface area (Å²) >= 11 is 1.62. The quantitative estimate of drug-likeness (QED) is 0.141.